The number of aromatic nitrogens is 2. The van der Waals surface area contributed by atoms with Gasteiger partial charge in [0.2, 0.25) is 0 Å². The summed E-state index contributed by atoms with van der Waals surface area (Å²) < 4.78 is 0.876. The summed E-state index contributed by atoms with van der Waals surface area (Å²) in [6, 6.07) is 3.81. The number of nitrogens with zero attached hydrogens (tertiary/aromatic N) is 2. The molecule has 2 aromatic heterocycles. The van der Waals surface area contributed by atoms with Gasteiger partial charge >= 0.3 is 0 Å². The number of anilines is 2. The van der Waals surface area contributed by atoms with Gasteiger partial charge in [0.05, 0.1) is 5.69 Å². The summed E-state index contributed by atoms with van der Waals surface area (Å²) in [7, 11) is 0. The number of nitrogens with two attached hydrogens (primary N) is 1. The first-order valence-electron chi connectivity index (χ1n) is 5.21. The monoisotopic (exact) mass is 292 g/mol. The predicted octanol–water partition coefficient (Wildman–Crippen LogP) is 2.74. The van der Waals surface area contributed by atoms with E-state index in [2.05, 4.69) is 31.2 Å². The Hall–Kier alpha value is -1.62. The molecule has 0 aliphatic heterocycles. The van der Waals surface area contributed by atoms with Gasteiger partial charge in [-0.15, -0.1) is 0 Å². The van der Waals surface area contributed by atoms with Gasteiger partial charge in [0.1, 0.15) is 5.82 Å². The largest absolute Gasteiger partial charge is 0.396 e. The van der Waals surface area contributed by atoms with Gasteiger partial charge in [-0.1, -0.05) is 0 Å². The molecule has 0 aliphatic rings. The lowest BCUT2D eigenvalue weighted by Gasteiger charge is -2.09. The maximum Gasteiger partial charge on any atom is 0.149 e. The summed E-state index contributed by atoms with van der Waals surface area (Å²) in [6.45, 7) is 2.72. The van der Waals surface area contributed by atoms with Crippen LogP contribution in [0.4, 0.5) is 11.5 Å². The minimum Gasteiger partial charge on any atom is -0.396 e. The fourth-order valence-corrected chi connectivity index (χ4v) is 1.83. The number of hydrogen-bond acceptors (Lipinski definition) is 4. The molecule has 88 valence electrons. The molecule has 0 saturated heterocycles. The molecule has 0 aromatic carbocycles. The van der Waals surface area contributed by atoms with E-state index in [9.17, 15) is 0 Å². The summed E-state index contributed by atoms with van der Waals surface area (Å²) in [4.78, 5) is 8.28. The van der Waals surface area contributed by atoms with Crippen LogP contribution in [-0.4, -0.2) is 9.97 Å². The highest BCUT2D eigenvalue weighted by molar-refractivity contribution is 9.10. The number of aryl methyl sites for hydroxylation is 1. The second-order valence-corrected chi connectivity index (χ2v) is 4.66. The van der Waals surface area contributed by atoms with Gasteiger partial charge in [0.25, 0.3) is 0 Å². The van der Waals surface area contributed by atoms with Crippen LogP contribution in [-0.2, 0) is 6.54 Å². The molecular formula is C12H13BrN4. The Bertz CT molecular complexity index is 528. The van der Waals surface area contributed by atoms with Crippen LogP contribution in [0.2, 0.25) is 0 Å². The van der Waals surface area contributed by atoms with Crippen molar-refractivity contribution in [2.45, 2.75) is 13.5 Å². The van der Waals surface area contributed by atoms with Crippen molar-refractivity contribution in [3.63, 3.8) is 0 Å². The number of rotatable bonds is 3. The maximum atomic E-state index is 5.86. The summed E-state index contributed by atoms with van der Waals surface area (Å²) in [6.07, 6.45) is 5.34. The van der Waals surface area contributed by atoms with Gasteiger partial charge in [-0.3, -0.25) is 4.98 Å². The third-order valence-corrected chi connectivity index (χ3v) is 2.90. The fourth-order valence-electron chi connectivity index (χ4n) is 1.48. The minimum atomic E-state index is 0.631. The van der Waals surface area contributed by atoms with Crippen molar-refractivity contribution >= 4 is 27.4 Å². The third-order valence-electron chi connectivity index (χ3n) is 2.47. The smallest absolute Gasteiger partial charge is 0.149 e. The van der Waals surface area contributed by atoms with Crippen LogP contribution in [0.3, 0.4) is 0 Å². The predicted molar refractivity (Wildman–Crippen MR) is 72.7 cm³/mol. The molecule has 0 amide bonds. The Labute approximate surface area is 108 Å². The van der Waals surface area contributed by atoms with Crippen molar-refractivity contribution in [2.75, 3.05) is 11.1 Å². The van der Waals surface area contributed by atoms with Gasteiger partial charge in [-0.05, 0) is 46.1 Å². The maximum absolute atomic E-state index is 5.86. The van der Waals surface area contributed by atoms with E-state index in [1.807, 2.05) is 25.3 Å². The van der Waals surface area contributed by atoms with E-state index in [4.69, 9.17) is 5.73 Å². The SMILES string of the molecule is Cc1cnccc1CNc1ncc(Br)cc1N. The van der Waals surface area contributed by atoms with Crippen molar-refractivity contribution in [3.8, 4) is 0 Å². The zero-order valence-corrected chi connectivity index (χ0v) is 11.0. The highest BCUT2D eigenvalue weighted by Crippen LogP contribution is 2.20. The molecule has 17 heavy (non-hydrogen) atoms. The van der Waals surface area contributed by atoms with Crippen molar-refractivity contribution in [1.29, 1.82) is 0 Å². The summed E-state index contributed by atoms with van der Waals surface area (Å²) in [5.41, 5.74) is 8.82. The molecule has 2 aromatic rings. The van der Waals surface area contributed by atoms with E-state index in [1.165, 1.54) is 5.56 Å². The highest BCUT2D eigenvalue weighted by atomic mass is 79.9. The Kier molecular flexibility index (Phi) is 3.58. The lowest BCUT2D eigenvalue weighted by Crippen LogP contribution is -2.05. The van der Waals surface area contributed by atoms with Crippen molar-refractivity contribution in [2.24, 2.45) is 0 Å². The van der Waals surface area contributed by atoms with E-state index in [0.717, 1.165) is 10.0 Å². The molecule has 0 aliphatic carbocycles. The van der Waals surface area contributed by atoms with Crippen molar-refractivity contribution in [1.82, 2.24) is 9.97 Å². The Morgan fingerprint density at radius 3 is 2.94 bits per heavy atom. The van der Waals surface area contributed by atoms with E-state index >= 15 is 0 Å². The number of pyridine rings is 2. The Morgan fingerprint density at radius 2 is 2.24 bits per heavy atom. The summed E-state index contributed by atoms with van der Waals surface area (Å²) in [5, 5.41) is 3.21. The van der Waals surface area contributed by atoms with Gasteiger partial charge < -0.3 is 11.1 Å². The Morgan fingerprint density at radius 1 is 1.41 bits per heavy atom. The normalized spacial score (nSPS) is 10.2. The van der Waals surface area contributed by atoms with Crippen LogP contribution in [0.1, 0.15) is 11.1 Å². The first-order chi connectivity index (χ1) is 8.16. The molecule has 4 nitrogen and oxygen atoms in total. The first-order valence-corrected chi connectivity index (χ1v) is 6.00. The number of nitrogens with one attached hydrogen (secondary N) is 1. The number of hydrogen-bond donors (Lipinski definition) is 2. The third kappa shape index (κ3) is 2.94. The molecular weight excluding hydrogens is 280 g/mol. The van der Waals surface area contributed by atoms with Crippen LogP contribution in [0.15, 0.2) is 35.2 Å². The average Bonchev–Trinajstić information content (AvgIpc) is 2.30. The minimum absolute atomic E-state index is 0.631. The molecule has 2 heterocycles. The van der Waals surface area contributed by atoms with Crippen LogP contribution in [0.25, 0.3) is 0 Å². The number of nitrogen functional groups attached to an aromatic ring is 1. The molecule has 0 bridgehead atoms. The standard InChI is InChI=1S/C12H13BrN4/c1-8-5-15-3-2-9(8)6-16-12-11(14)4-10(13)7-17-12/h2-5,7H,6,14H2,1H3,(H,16,17). The zero-order valence-electron chi connectivity index (χ0n) is 9.44. The summed E-state index contributed by atoms with van der Waals surface area (Å²) >= 11 is 3.33. The molecule has 0 fully saturated rings. The molecule has 0 unspecified atom stereocenters. The molecule has 5 heteroatoms. The summed E-state index contributed by atoms with van der Waals surface area (Å²) in [5.74, 6) is 0.699. The van der Waals surface area contributed by atoms with Crippen LogP contribution < -0.4 is 11.1 Å². The molecule has 0 saturated carbocycles. The number of halogens is 1. The second-order valence-electron chi connectivity index (χ2n) is 3.75. The fraction of sp³-hybridized carbons (Fsp3) is 0.167. The van der Waals surface area contributed by atoms with E-state index in [0.29, 0.717) is 18.1 Å². The molecule has 3 N–H and O–H groups in total. The lowest BCUT2D eigenvalue weighted by atomic mass is 10.1. The van der Waals surface area contributed by atoms with Gasteiger partial charge in [-0.2, -0.15) is 0 Å². The van der Waals surface area contributed by atoms with E-state index in [1.54, 1.807) is 12.4 Å². The quantitative estimate of drug-likeness (QED) is 0.913. The van der Waals surface area contributed by atoms with Gasteiger partial charge in [-0.25, -0.2) is 4.98 Å². The highest BCUT2D eigenvalue weighted by Gasteiger charge is 2.02. The van der Waals surface area contributed by atoms with Crippen LogP contribution in [0, 0.1) is 6.92 Å². The van der Waals surface area contributed by atoms with Gasteiger partial charge in [0.15, 0.2) is 0 Å². The second kappa shape index (κ2) is 5.14. The molecule has 0 atom stereocenters. The first kappa shape index (κ1) is 11.9. The molecule has 2 rings (SSSR count). The van der Waals surface area contributed by atoms with Crippen LogP contribution >= 0.6 is 15.9 Å². The van der Waals surface area contributed by atoms with Crippen molar-refractivity contribution in [3.05, 3.63) is 46.3 Å². The van der Waals surface area contributed by atoms with E-state index in [-0.39, 0.29) is 0 Å². The van der Waals surface area contributed by atoms with Gasteiger partial charge in [0, 0.05) is 29.6 Å². The molecule has 0 spiro atoms. The topological polar surface area (TPSA) is 63.8 Å². The van der Waals surface area contributed by atoms with Crippen LogP contribution in [0.5, 0.6) is 0 Å². The Balaban J connectivity index is 2.10. The average molecular weight is 293 g/mol. The lowest BCUT2D eigenvalue weighted by molar-refractivity contribution is 1.07. The van der Waals surface area contributed by atoms with Crippen molar-refractivity contribution < 1.29 is 0 Å². The zero-order chi connectivity index (χ0) is 12.3. The molecule has 0 radical (unpaired) electrons. The van der Waals surface area contributed by atoms with E-state index < -0.39 is 0 Å².